The summed E-state index contributed by atoms with van der Waals surface area (Å²) in [4.78, 5) is 30.6. The summed E-state index contributed by atoms with van der Waals surface area (Å²) in [5.41, 5.74) is 5.54. The standard InChI is InChI=1S/C26H29N3O2/c1-18-15-19(2)28-24(18)26(31)29-14-6-7-20(17-29)16-27-25(30)23-12-10-22(11-13-23)21-8-4-3-5-9-21/h3-5,8-13,15,20,28H,6-7,14,16-17H2,1-2H3,(H,27,30)/t20-/m0/s1. The van der Waals surface area contributed by atoms with Crippen LogP contribution in [0, 0.1) is 19.8 Å². The van der Waals surface area contributed by atoms with Gasteiger partial charge in [0.2, 0.25) is 0 Å². The molecule has 5 nitrogen and oxygen atoms in total. The Morgan fingerprint density at radius 2 is 1.74 bits per heavy atom. The van der Waals surface area contributed by atoms with Crippen LogP contribution in [0.2, 0.25) is 0 Å². The molecule has 2 amide bonds. The van der Waals surface area contributed by atoms with Crippen molar-refractivity contribution in [2.45, 2.75) is 26.7 Å². The number of hydrogen-bond donors (Lipinski definition) is 2. The quantitative estimate of drug-likeness (QED) is 0.641. The van der Waals surface area contributed by atoms with Crippen molar-refractivity contribution < 1.29 is 9.59 Å². The van der Waals surface area contributed by atoms with Gasteiger partial charge in [0.05, 0.1) is 0 Å². The average Bonchev–Trinajstić information content (AvgIpc) is 3.15. The molecular formula is C26H29N3O2. The number of carbonyl (C=O) groups excluding carboxylic acids is 2. The second-order valence-corrected chi connectivity index (χ2v) is 8.42. The van der Waals surface area contributed by atoms with Gasteiger partial charge in [0.25, 0.3) is 11.8 Å². The van der Waals surface area contributed by atoms with Gasteiger partial charge in [-0.3, -0.25) is 9.59 Å². The Bertz CT molecular complexity index is 1050. The zero-order chi connectivity index (χ0) is 21.8. The number of H-pyrrole nitrogens is 1. The summed E-state index contributed by atoms with van der Waals surface area (Å²) in [6.45, 7) is 5.93. The van der Waals surface area contributed by atoms with Gasteiger partial charge in [-0.05, 0) is 67.5 Å². The van der Waals surface area contributed by atoms with Crippen LogP contribution in [0.4, 0.5) is 0 Å². The SMILES string of the molecule is Cc1cc(C)c(C(=O)N2CCC[C@@H](CNC(=O)c3ccc(-c4ccccc4)cc3)C2)[nH]1. The van der Waals surface area contributed by atoms with Crippen LogP contribution in [0.25, 0.3) is 11.1 Å². The molecule has 1 fully saturated rings. The summed E-state index contributed by atoms with van der Waals surface area (Å²) >= 11 is 0. The Morgan fingerprint density at radius 1 is 1.03 bits per heavy atom. The van der Waals surface area contributed by atoms with Crippen LogP contribution in [0.5, 0.6) is 0 Å². The van der Waals surface area contributed by atoms with Crippen LogP contribution in [0.3, 0.4) is 0 Å². The lowest BCUT2D eigenvalue weighted by Gasteiger charge is -2.32. The molecule has 2 heterocycles. The maximum absolute atomic E-state index is 12.9. The van der Waals surface area contributed by atoms with E-state index in [-0.39, 0.29) is 17.7 Å². The minimum Gasteiger partial charge on any atom is -0.354 e. The summed E-state index contributed by atoms with van der Waals surface area (Å²) in [7, 11) is 0. The van der Waals surface area contributed by atoms with Gasteiger partial charge in [-0.2, -0.15) is 0 Å². The van der Waals surface area contributed by atoms with Gasteiger partial charge in [0.15, 0.2) is 0 Å². The highest BCUT2D eigenvalue weighted by Crippen LogP contribution is 2.21. The van der Waals surface area contributed by atoms with Crippen LogP contribution < -0.4 is 5.32 Å². The first-order chi connectivity index (χ1) is 15.0. The number of aryl methyl sites for hydroxylation is 2. The summed E-state index contributed by atoms with van der Waals surface area (Å²) in [5, 5.41) is 3.06. The monoisotopic (exact) mass is 415 g/mol. The van der Waals surface area contributed by atoms with E-state index in [1.54, 1.807) is 0 Å². The highest BCUT2D eigenvalue weighted by atomic mass is 16.2. The third kappa shape index (κ3) is 4.88. The highest BCUT2D eigenvalue weighted by molar-refractivity contribution is 5.95. The number of nitrogens with one attached hydrogen (secondary N) is 2. The van der Waals surface area contributed by atoms with Crippen LogP contribution in [0.15, 0.2) is 60.7 Å². The van der Waals surface area contributed by atoms with Crippen LogP contribution in [0.1, 0.15) is 44.9 Å². The number of aromatic nitrogens is 1. The van der Waals surface area contributed by atoms with Crippen molar-refractivity contribution >= 4 is 11.8 Å². The van der Waals surface area contributed by atoms with Crippen molar-refractivity contribution in [3.63, 3.8) is 0 Å². The predicted molar refractivity (Wildman–Crippen MR) is 123 cm³/mol. The Morgan fingerprint density at radius 3 is 2.42 bits per heavy atom. The summed E-state index contributed by atoms with van der Waals surface area (Å²) in [6.07, 6.45) is 1.97. The molecule has 1 saturated heterocycles. The number of nitrogens with zero attached hydrogens (tertiary/aromatic N) is 1. The number of piperidine rings is 1. The third-order valence-corrected chi connectivity index (χ3v) is 5.98. The first-order valence-electron chi connectivity index (χ1n) is 10.9. The van der Waals surface area contributed by atoms with Crippen LogP contribution in [-0.2, 0) is 0 Å². The van der Waals surface area contributed by atoms with E-state index < -0.39 is 0 Å². The van der Waals surface area contributed by atoms with Gasteiger partial charge >= 0.3 is 0 Å². The van der Waals surface area contributed by atoms with E-state index in [2.05, 4.69) is 22.4 Å². The van der Waals surface area contributed by atoms with Crippen molar-refractivity contribution in [3.05, 3.63) is 83.2 Å². The summed E-state index contributed by atoms with van der Waals surface area (Å²) < 4.78 is 0. The normalized spacial score (nSPS) is 16.2. The highest BCUT2D eigenvalue weighted by Gasteiger charge is 2.26. The summed E-state index contributed by atoms with van der Waals surface area (Å²) in [5.74, 6) is 0.249. The molecule has 0 unspecified atom stereocenters. The number of hydrogen-bond acceptors (Lipinski definition) is 2. The van der Waals surface area contributed by atoms with Gasteiger partial charge in [-0.1, -0.05) is 42.5 Å². The molecular weight excluding hydrogens is 386 g/mol. The molecule has 4 rings (SSSR count). The van der Waals surface area contributed by atoms with E-state index in [1.807, 2.05) is 67.3 Å². The molecule has 0 aliphatic carbocycles. The second kappa shape index (κ2) is 9.21. The largest absolute Gasteiger partial charge is 0.354 e. The number of aromatic amines is 1. The van der Waals surface area contributed by atoms with Crippen molar-refractivity contribution in [3.8, 4) is 11.1 Å². The number of likely N-dealkylation sites (tertiary alicyclic amines) is 1. The van der Waals surface area contributed by atoms with Gasteiger partial charge in [0, 0.05) is 30.9 Å². The molecule has 1 aliphatic rings. The molecule has 1 aromatic heterocycles. The van der Waals surface area contributed by atoms with Crippen LogP contribution >= 0.6 is 0 Å². The number of benzene rings is 2. The van der Waals surface area contributed by atoms with E-state index in [0.29, 0.717) is 24.3 Å². The lowest BCUT2D eigenvalue weighted by molar-refractivity contribution is 0.0665. The molecule has 160 valence electrons. The zero-order valence-corrected chi connectivity index (χ0v) is 18.2. The van der Waals surface area contributed by atoms with Crippen LogP contribution in [-0.4, -0.2) is 41.3 Å². The fourth-order valence-corrected chi connectivity index (χ4v) is 4.31. The van der Waals surface area contributed by atoms with Gasteiger partial charge in [-0.25, -0.2) is 0 Å². The number of amides is 2. The lowest BCUT2D eigenvalue weighted by Crippen LogP contribution is -2.44. The molecule has 3 aromatic rings. The van der Waals surface area contributed by atoms with E-state index in [1.165, 1.54) is 0 Å². The zero-order valence-electron chi connectivity index (χ0n) is 18.2. The van der Waals surface area contributed by atoms with E-state index >= 15 is 0 Å². The molecule has 5 heteroatoms. The minimum atomic E-state index is -0.0705. The molecule has 2 N–H and O–H groups in total. The molecule has 2 aromatic carbocycles. The van der Waals surface area contributed by atoms with Crippen molar-refractivity contribution in [2.24, 2.45) is 5.92 Å². The Kier molecular flexibility index (Phi) is 6.21. The minimum absolute atomic E-state index is 0.0538. The Labute approximate surface area is 183 Å². The molecule has 0 spiro atoms. The first kappa shape index (κ1) is 20.9. The number of rotatable bonds is 5. The molecule has 0 bridgehead atoms. The van der Waals surface area contributed by atoms with E-state index in [9.17, 15) is 9.59 Å². The topological polar surface area (TPSA) is 65.2 Å². The fourth-order valence-electron chi connectivity index (χ4n) is 4.31. The van der Waals surface area contributed by atoms with E-state index in [0.717, 1.165) is 41.8 Å². The van der Waals surface area contributed by atoms with Gasteiger partial charge in [0.1, 0.15) is 5.69 Å². The smallest absolute Gasteiger partial charge is 0.270 e. The van der Waals surface area contributed by atoms with Crippen molar-refractivity contribution in [2.75, 3.05) is 19.6 Å². The van der Waals surface area contributed by atoms with E-state index in [4.69, 9.17) is 0 Å². The Hall–Kier alpha value is -3.34. The lowest BCUT2D eigenvalue weighted by atomic mass is 9.97. The predicted octanol–water partition coefficient (Wildman–Crippen LogP) is 4.58. The Balaban J connectivity index is 1.33. The fraction of sp³-hybridized carbons (Fsp3) is 0.308. The maximum Gasteiger partial charge on any atom is 0.270 e. The molecule has 0 radical (unpaired) electrons. The maximum atomic E-state index is 12.9. The van der Waals surface area contributed by atoms with Crippen molar-refractivity contribution in [1.82, 2.24) is 15.2 Å². The molecule has 0 saturated carbocycles. The number of carbonyl (C=O) groups is 2. The second-order valence-electron chi connectivity index (χ2n) is 8.42. The molecule has 1 aliphatic heterocycles. The molecule has 1 atom stereocenters. The van der Waals surface area contributed by atoms with Gasteiger partial charge in [-0.15, -0.1) is 0 Å². The van der Waals surface area contributed by atoms with Crippen molar-refractivity contribution in [1.29, 1.82) is 0 Å². The third-order valence-electron chi connectivity index (χ3n) is 5.98. The average molecular weight is 416 g/mol. The summed E-state index contributed by atoms with van der Waals surface area (Å²) in [6, 6.07) is 19.8. The first-order valence-corrected chi connectivity index (χ1v) is 10.9. The molecule has 31 heavy (non-hydrogen) atoms. The van der Waals surface area contributed by atoms with Gasteiger partial charge < -0.3 is 15.2 Å².